The molecule has 4 aliphatic heterocycles. The Balaban J connectivity index is 0.848. The maximum atomic E-state index is 13.3. The third kappa shape index (κ3) is 8.25. The van der Waals surface area contributed by atoms with E-state index in [0.717, 1.165) is 60.7 Å². The SMILES string of the molecule is CC(C)(c1ccc(OCC(=O)N2CCC(N3CCN(c4ccc5c(c4)C(=O)N(C4CCC(=O)NC4=O)C5=O)CC3)CC2)cc1)c1ccc(OCC(O)CCl)cc1. The van der Waals surface area contributed by atoms with Gasteiger partial charge in [0.25, 0.3) is 17.7 Å². The quantitative estimate of drug-likeness (QED) is 0.206. The van der Waals surface area contributed by atoms with Crippen LogP contribution in [0.5, 0.6) is 11.5 Å². The second-order valence-corrected chi connectivity index (χ2v) is 15.7. The van der Waals surface area contributed by atoms with E-state index in [4.69, 9.17) is 21.1 Å². The number of fused-ring (bicyclic) bond motifs is 1. The van der Waals surface area contributed by atoms with E-state index in [1.165, 1.54) is 0 Å². The van der Waals surface area contributed by atoms with Gasteiger partial charge in [-0.1, -0.05) is 38.1 Å². The average Bonchev–Trinajstić information content (AvgIpc) is 3.47. The van der Waals surface area contributed by atoms with Gasteiger partial charge in [-0.2, -0.15) is 0 Å². The van der Waals surface area contributed by atoms with E-state index in [0.29, 0.717) is 30.6 Å². The van der Waals surface area contributed by atoms with Crippen LogP contribution in [0.25, 0.3) is 0 Å². The molecular weight excluding hydrogens is 738 g/mol. The number of benzene rings is 3. The van der Waals surface area contributed by atoms with Gasteiger partial charge in [-0.25, -0.2) is 0 Å². The number of alkyl halides is 1. The largest absolute Gasteiger partial charge is 0.491 e. The first-order valence-corrected chi connectivity index (χ1v) is 19.8. The molecule has 0 radical (unpaired) electrons. The smallest absolute Gasteiger partial charge is 0.262 e. The number of nitrogens with one attached hydrogen (secondary N) is 1. The summed E-state index contributed by atoms with van der Waals surface area (Å²) < 4.78 is 11.5. The third-order valence-corrected chi connectivity index (χ3v) is 11.9. The van der Waals surface area contributed by atoms with E-state index in [1.807, 2.05) is 59.5 Å². The van der Waals surface area contributed by atoms with Crippen LogP contribution in [0.2, 0.25) is 0 Å². The van der Waals surface area contributed by atoms with Crippen molar-refractivity contribution in [2.24, 2.45) is 0 Å². The van der Waals surface area contributed by atoms with E-state index in [-0.39, 0.29) is 54.4 Å². The van der Waals surface area contributed by atoms with Crippen LogP contribution in [-0.2, 0) is 19.8 Å². The van der Waals surface area contributed by atoms with Crippen molar-refractivity contribution in [3.63, 3.8) is 0 Å². The number of ether oxygens (including phenoxy) is 2. The second kappa shape index (κ2) is 16.6. The lowest BCUT2D eigenvalue weighted by atomic mass is 9.78. The van der Waals surface area contributed by atoms with Gasteiger partial charge in [-0.3, -0.25) is 39.1 Å². The van der Waals surface area contributed by atoms with E-state index in [1.54, 1.807) is 12.1 Å². The van der Waals surface area contributed by atoms with Crippen LogP contribution in [0.15, 0.2) is 66.7 Å². The number of amides is 5. The van der Waals surface area contributed by atoms with Crippen LogP contribution in [0.1, 0.15) is 71.4 Å². The minimum absolute atomic E-state index is 0.0217. The molecule has 0 spiro atoms. The summed E-state index contributed by atoms with van der Waals surface area (Å²) in [6.45, 7) is 8.92. The highest BCUT2D eigenvalue weighted by Crippen LogP contribution is 2.34. The van der Waals surface area contributed by atoms with Gasteiger partial charge in [0.2, 0.25) is 11.8 Å². The molecule has 5 amide bonds. The summed E-state index contributed by atoms with van der Waals surface area (Å²) in [6.07, 6.45) is 1.25. The summed E-state index contributed by atoms with van der Waals surface area (Å²) in [7, 11) is 0. The lowest BCUT2D eigenvalue weighted by Crippen LogP contribution is -2.54. The topological polar surface area (TPSA) is 149 Å². The molecule has 2 unspecified atom stereocenters. The van der Waals surface area contributed by atoms with Gasteiger partial charge >= 0.3 is 0 Å². The number of piperidine rings is 2. The molecule has 0 aromatic heterocycles. The molecule has 3 aromatic rings. The first-order chi connectivity index (χ1) is 26.9. The van der Waals surface area contributed by atoms with E-state index in [9.17, 15) is 29.1 Å². The number of nitrogens with zero attached hydrogens (tertiary/aromatic N) is 4. The molecule has 296 valence electrons. The molecule has 14 heteroatoms. The normalized spacial score (nSPS) is 20.2. The lowest BCUT2D eigenvalue weighted by Gasteiger charge is -2.43. The van der Waals surface area contributed by atoms with Crippen molar-refractivity contribution in [2.45, 2.75) is 63.1 Å². The van der Waals surface area contributed by atoms with Crippen molar-refractivity contribution in [1.29, 1.82) is 0 Å². The number of carbonyl (C=O) groups excluding carboxylic acids is 5. The van der Waals surface area contributed by atoms with Gasteiger partial charge in [0.15, 0.2) is 6.61 Å². The third-order valence-electron chi connectivity index (χ3n) is 11.6. The number of halogens is 1. The standard InChI is InChI=1S/C42H48ClN5O8/c1-42(2,27-3-8-32(9-4-27)55-25-31(49)24-43)28-5-10-33(11-6-28)56-26-38(51)47-17-15-29(16-18-47)45-19-21-46(22-20-45)30-7-12-34-35(23-30)41(54)48(40(34)53)36-13-14-37(50)44-39(36)52/h3-12,23,29,31,36,49H,13-22,24-26H2,1-2H3,(H,44,50,52). The number of rotatable bonds is 12. The molecule has 2 N–H and O–H groups in total. The molecule has 3 saturated heterocycles. The Morgan fingerprint density at radius 3 is 2.04 bits per heavy atom. The second-order valence-electron chi connectivity index (χ2n) is 15.4. The number of aliphatic hydroxyl groups excluding tert-OH is 1. The predicted octanol–water partition coefficient (Wildman–Crippen LogP) is 3.58. The Labute approximate surface area is 331 Å². The van der Waals surface area contributed by atoms with E-state index < -0.39 is 35.8 Å². The van der Waals surface area contributed by atoms with Gasteiger partial charge in [0.05, 0.1) is 17.0 Å². The number of hydrogen-bond donors (Lipinski definition) is 2. The van der Waals surface area contributed by atoms with Crippen LogP contribution in [0.4, 0.5) is 5.69 Å². The van der Waals surface area contributed by atoms with Gasteiger partial charge in [0.1, 0.15) is 30.3 Å². The number of carbonyl (C=O) groups is 5. The number of piperazine rings is 1. The molecule has 3 aromatic carbocycles. The fourth-order valence-electron chi connectivity index (χ4n) is 8.06. The zero-order valence-electron chi connectivity index (χ0n) is 31.7. The van der Waals surface area contributed by atoms with Crippen molar-refractivity contribution in [1.82, 2.24) is 20.0 Å². The molecule has 0 saturated carbocycles. The number of anilines is 1. The Morgan fingerprint density at radius 1 is 0.821 bits per heavy atom. The summed E-state index contributed by atoms with van der Waals surface area (Å²) in [6, 6.07) is 20.3. The Hall–Kier alpha value is -4.98. The molecule has 13 nitrogen and oxygen atoms in total. The fraction of sp³-hybridized carbons (Fsp3) is 0.452. The lowest BCUT2D eigenvalue weighted by molar-refractivity contribution is -0.136. The molecule has 0 aliphatic carbocycles. The van der Waals surface area contributed by atoms with Gasteiger partial charge in [0, 0.05) is 62.8 Å². The van der Waals surface area contributed by atoms with E-state index in [2.05, 4.69) is 29.0 Å². The number of imide groups is 2. The number of aliphatic hydroxyl groups is 1. The molecule has 7 rings (SSSR count). The van der Waals surface area contributed by atoms with Gasteiger partial charge in [-0.05, 0) is 72.9 Å². The highest BCUT2D eigenvalue weighted by molar-refractivity contribution is 6.23. The van der Waals surface area contributed by atoms with Crippen LogP contribution in [0, 0.1) is 0 Å². The Bertz CT molecular complexity index is 1960. The summed E-state index contributed by atoms with van der Waals surface area (Å²) in [4.78, 5) is 71.1. The first-order valence-electron chi connectivity index (χ1n) is 19.3. The average molecular weight is 786 g/mol. The van der Waals surface area contributed by atoms with Crippen LogP contribution in [-0.4, -0.2) is 126 Å². The summed E-state index contributed by atoms with van der Waals surface area (Å²) in [5.41, 5.74) is 3.34. The predicted molar refractivity (Wildman–Crippen MR) is 209 cm³/mol. The summed E-state index contributed by atoms with van der Waals surface area (Å²) in [5, 5.41) is 11.9. The van der Waals surface area contributed by atoms with Crippen molar-refractivity contribution in [3.8, 4) is 11.5 Å². The molecule has 3 fully saturated rings. The summed E-state index contributed by atoms with van der Waals surface area (Å²) >= 11 is 5.65. The minimum Gasteiger partial charge on any atom is -0.491 e. The van der Waals surface area contributed by atoms with Crippen molar-refractivity contribution in [3.05, 3.63) is 89.0 Å². The van der Waals surface area contributed by atoms with Crippen molar-refractivity contribution < 1.29 is 38.6 Å². The van der Waals surface area contributed by atoms with Crippen LogP contribution >= 0.6 is 11.6 Å². The maximum absolute atomic E-state index is 13.3. The van der Waals surface area contributed by atoms with Crippen molar-refractivity contribution in [2.75, 3.05) is 63.3 Å². The zero-order valence-corrected chi connectivity index (χ0v) is 32.5. The zero-order chi connectivity index (χ0) is 39.6. The minimum atomic E-state index is -0.986. The van der Waals surface area contributed by atoms with E-state index >= 15 is 0 Å². The number of likely N-dealkylation sites (tertiary alicyclic amines) is 1. The Morgan fingerprint density at radius 2 is 1.43 bits per heavy atom. The first kappa shape index (κ1) is 39.3. The molecule has 4 heterocycles. The highest BCUT2D eigenvalue weighted by Gasteiger charge is 2.45. The van der Waals surface area contributed by atoms with Gasteiger partial charge in [-0.15, -0.1) is 11.6 Å². The van der Waals surface area contributed by atoms with Crippen LogP contribution in [0.3, 0.4) is 0 Å². The molecule has 2 atom stereocenters. The van der Waals surface area contributed by atoms with Gasteiger partial charge < -0.3 is 24.4 Å². The fourth-order valence-corrected chi connectivity index (χ4v) is 8.15. The molecule has 4 aliphatic rings. The van der Waals surface area contributed by atoms with Crippen molar-refractivity contribution >= 4 is 46.8 Å². The monoisotopic (exact) mass is 785 g/mol. The number of hydrogen-bond acceptors (Lipinski definition) is 10. The highest BCUT2D eigenvalue weighted by atomic mass is 35.5. The molecular formula is C42H48ClN5O8. The van der Waals surface area contributed by atoms with Crippen LogP contribution < -0.4 is 19.7 Å². The molecule has 0 bridgehead atoms. The molecule has 56 heavy (non-hydrogen) atoms. The maximum Gasteiger partial charge on any atom is 0.262 e. The Kier molecular flexibility index (Phi) is 11.7. The summed E-state index contributed by atoms with van der Waals surface area (Å²) in [5.74, 6) is -0.629.